The van der Waals surface area contributed by atoms with Gasteiger partial charge in [-0.15, -0.1) is 10.2 Å². The highest BCUT2D eigenvalue weighted by atomic mass is 16.5. The Bertz CT molecular complexity index is 876. The predicted molar refractivity (Wildman–Crippen MR) is 116 cm³/mol. The first kappa shape index (κ1) is 22.0. The SMILES string of the molecule is Cc1nnc(CN=C(NCC(C)(O)CN(C)C)NC2CCOc3ccccc32)n1C. The third-order valence-corrected chi connectivity index (χ3v) is 5.12. The molecule has 1 aromatic heterocycles. The van der Waals surface area contributed by atoms with Gasteiger partial charge in [-0.2, -0.15) is 0 Å². The average Bonchev–Trinajstić information content (AvgIpc) is 3.01. The van der Waals surface area contributed by atoms with E-state index in [-0.39, 0.29) is 6.04 Å². The maximum absolute atomic E-state index is 10.7. The fraction of sp³-hybridized carbons (Fsp3) is 0.571. The molecule has 0 radical (unpaired) electrons. The molecule has 0 amide bonds. The van der Waals surface area contributed by atoms with E-state index in [1.807, 2.05) is 62.7 Å². The summed E-state index contributed by atoms with van der Waals surface area (Å²) in [6.07, 6.45) is 0.828. The first-order chi connectivity index (χ1) is 14.2. The van der Waals surface area contributed by atoms with E-state index in [0.29, 0.717) is 32.2 Å². The van der Waals surface area contributed by atoms with Gasteiger partial charge in [0.25, 0.3) is 0 Å². The van der Waals surface area contributed by atoms with Gasteiger partial charge in [0.1, 0.15) is 18.1 Å². The second kappa shape index (κ2) is 9.44. The van der Waals surface area contributed by atoms with Crippen molar-refractivity contribution in [3.63, 3.8) is 0 Å². The highest BCUT2D eigenvalue weighted by Crippen LogP contribution is 2.31. The zero-order valence-corrected chi connectivity index (χ0v) is 18.5. The van der Waals surface area contributed by atoms with E-state index in [2.05, 4.69) is 26.9 Å². The quantitative estimate of drug-likeness (QED) is 0.458. The van der Waals surface area contributed by atoms with E-state index in [1.54, 1.807) is 0 Å². The maximum Gasteiger partial charge on any atom is 0.192 e. The molecule has 2 atom stereocenters. The lowest BCUT2D eigenvalue weighted by molar-refractivity contribution is 0.0376. The van der Waals surface area contributed by atoms with Crippen molar-refractivity contribution in [1.29, 1.82) is 0 Å². The molecular formula is C21H33N7O2. The summed E-state index contributed by atoms with van der Waals surface area (Å²) in [4.78, 5) is 6.68. The zero-order chi connectivity index (χ0) is 21.7. The topological polar surface area (TPSA) is 99.8 Å². The molecule has 30 heavy (non-hydrogen) atoms. The molecule has 3 N–H and O–H groups in total. The average molecular weight is 416 g/mol. The van der Waals surface area contributed by atoms with Crippen molar-refractivity contribution in [1.82, 2.24) is 30.3 Å². The molecule has 9 nitrogen and oxygen atoms in total. The smallest absolute Gasteiger partial charge is 0.192 e. The van der Waals surface area contributed by atoms with Gasteiger partial charge in [-0.25, -0.2) is 4.99 Å². The molecule has 0 spiro atoms. The second-order valence-corrected chi connectivity index (χ2v) is 8.35. The van der Waals surface area contributed by atoms with Crippen LogP contribution >= 0.6 is 0 Å². The lowest BCUT2D eigenvalue weighted by Gasteiger charge is -2.31. The number of benzene rings is 1. The van der Waals surface area contributed by atoms with Gasteiger partial charge in [0.15, 0.2) is 11.8 Å². The number of para-hydroxylation sites is 1. The summed E-state index contributed by atoms with van der Waals surface area (Å²) in [5, 5.41) is 25.8. The highest BCUT2D eigenvalue weighted by Gasteiger charge is 2.25. The van der Waals surface area contributed by atoms with Crippen LogP contribution in [0.3, 0.4) is 0 Å². The van der Waals surface area contributed by atoms with Gasteiger partial charge in [0.05, 0.1) is 18.2 Å². The second-order valence-electron chi connectivity index (χ2n) is 8.35. The van der Waals surface area contributed by atoms with Crippen LogP contribution in [0.25, 0.3) is 0 Å². The van der Waals surface area contributed by atoms with Crippen molar-refractivity contribution < 1.29 is 9.84 Å². The number of guanidine groups is 1. The third-order valence-electron chi connectivity index (χ3n) is 5.12. The van der Waals surface area contributed by atoms with E-state index in [9.17, 15) is 5.11 Å². The number of aliphatic hydroxyl groups is 1. The number of aryl methyl sites for hydroxylation is 1. The summed E-state index contributed by atoms with van der Waals surface area (Å²) >= 11 is 0. The number of rotatable bonds is 7. The third kappa shape index (κ3) is 5.70. The van der Waals surface area contributed by atoms with Gasteiger partial charge in [0, 0.05) is 32.1 Å². The molecule has 0 saturated heterocycles. The minimum absolute atomic E-state index is 0.0706. The molecule has 0 saturated carbocycles. The summed E-state index contributed by atoms with van der Waals surface area (Å²) in [6, 6.07) is 8.11. The van der Waals surface area contributed by atoms with Crippen molar-refractivity contribution in [2.75, 3.05) is 33.8 Å². The summed E-state index contributed by atoms with van der Waals surface area (Å²) in [5.41, 5.74) is 0.203. The number of hydrogen-bond donors (Lipinski definition) is 3. The molecule has 2 heterocycles. The summed E-state index contributed by atoms with van der Waals surface area (Å²) in [5.74, 6) is 3.14. The van der Waals surface area contributed by atoms with Crippen molar-refractivity contribution in [2.24, 2.45) is 12.0 Å². The van der Waals surface area contributed by atoms with Gasteiger partial charge in [0.2, 0.25) is 0 Å². The van der Waals surface area contributed by atoms with Gasteiger partial charge in [-0.3, -0.25) is 0 Å². The number of likely N-dealkylation sites (N-methyl/N-ethyl adjacent to an activating group) is 1. The molecule has 2 aromatic rings. The minimum atomic E-state index is -0.902. The summed E-state index contributed by atoms with van der Waals surface area (Å²) in [6.45, 7) is 5.65. The van der Waals surface area contributed by atoms with E-state index < -0.39 is 5.60 Å². The van der Waals surface area contributed by atoms with E-state index in [4.69, 9.17) is 9.73 Å². The largest absolute Gasteiger partial charge is 0.493 e. The van der Waals surface area contributed by atoms with Crippen molar-refractivity contribution >= 4 is 5.96 Å². The molecule has 9 heteroatoms. The first-order valence-electron chi connectivity index (χ1n) is 10.2. The van der Waals surface area contributed by atoms with Crippen LogP contribution in [0.15, 0.2) is 29.3 Å². The Balaban J connectivity index is 1.77. The van der Waals surface area contributed by atoms with Crippen molar-refractivity contribution in [2.45, 2.75) is 38.5 Å². The van der Waals surface area contributed by atoms with Crippen LogP contribution in [0.5, 0.6) is 5.75 Å². The normalized spacial score (nSPS) is 18.5. The van der Waals surface area contributed by atoms with Gasteiger partial charge < -0.3 is 29.9 Å². The molecule has 0 fully saturated rings. The molecule has 1 aromatic carbocycles. The Hall–Kier alpha value is -2.65. The van der Waals surface area contributed by atoms with Gasteiger partial charge in [-0.05, 0) is 34.0 Å². The van der Waals surface area contributed by atoms with E-state index in [0.717, 1.165) is 29.4 Å². The van der Waals surface area contributed by atoms with Crippen LogP contribution in [0, 0.1) is 6.92 Å². The highest BCUT2D eigenvalue weighted by molar-refractivity contribution is 5.80. The number of nitrogens with zero attached hydrogens (tertiary/aromatic N) is 5. The van der Waals surface area contributed by atoms with Crippen LogP contribution in [0.4, 0.5) is 0 Å². The molecule has 0 bridgehead atoms. The van der Waals surface area contributed by atoms with E-state index >= 15 is 0 Å². The fourth-order valence-corrected chi connectivity index (χ4v) is 3.56. The monoisotopic (exact) mass is 415 g/mol. The number of ether oxygens (including phenoxy) is 1. The minimum Gasteiger partial charge on any atom is -0.493 e. The Labute approximate surface area is 178 Å². The van der Waals surface area contributed by atoms with Crippen molar-refractivity contribution in [3.8, 4) is 5.75 Å². The predicted octanol–water partition coefficient (Wildman–Crippen LogP) is 0.995. The number of aromatic nitrogens is 3. The van der Waals surface area contributed by atoms with Crippen molar-refractivity contribution in [3.05, 3.63) is 41.5 Å². The Morgan fingerprint density at radius 3 is 2.83 bits per heavy atom. The molecule has 2 unspecified atom stereocenters. The summed E-state index contributed by atoms with van der Waals surface area (Å²) < 4.78 is 7.70. The van der Waals surface area contributed by atoms with Crippen LogP contribution in [-0.2, 0) is 13.6 Å². The standard InChI is InChI=1S/C21H33N7O2/c1-15-25-26-19(28(15)5)12-22-20(23-13-21(2,29)14-27(3)4)24-17-10-11-30-18-9-7-6-8-16(17)18/h6-9,17,29H,10-14H2,1-5H3,(H2,22,23,24). The van der Waals surface area contributed by atoms with Crippen LogP contribution < -0.4 is 15.4 Å². The van der Waals surface area contributed by atoms with Gasteiger partial charge in [-0.1, -0.05) is 18.2 Å². The number of hydrogen-bond acceptors (Lipinski definition) is 6. The van der Waals surface area contributed by atoms with Crippen LogP contribution in [0.2, 0.25) is 0 Å². The molecule has 1 aliphatic heterocycles. The lowest BCUT2D eigenvalue weighted by Crippen LogP contribution is -2.50. The maximum atomic E-state index is 10.7. The van der Waals surface area contributed by atoms with E-state index in [1.165, 1.54) is 0 Å². The fourth-order valence-electron chi connectivity index (χ4n) is 3.56. The number of aliphatic imine (C=N–C) groups is 1. The molecule has 0 aliphatic carbocycles. The first-order valence-corrected chi connectivity index (χ1v) is 10.2. The Morgan fingerprint density at radius 1 is 1.37 bits per heavy atom. The zero-order valence-electron chi connectivity index (χ0n) is 18.5. The molecule has 164 valence electrons. The molecular weight excluding hydrogens is 382 g/mol. The lowest BCUT2D eigenvalue weighted by atomic mass is 10.0. The molecule has 3 rings (SSSR count). The number of nitrogens with one attached hydrogen (secondary N) is 2. The van der Waals surface area contributed by atoms with Crippen LogP contribution in [-0.4, -0.2) is 70.1 Å². The summed E-state index contributed by atoms with van der Waals surface area (Å²) in [7, 11) is 5.81. The molecule has 1 aliphatic rings. The Kier molecular flexibility index (Phi) is 6.94. The number of fused-ring (bicyclic) bond motifs is 1. The van der Waals surface area contributed by atoms with Gasteiger partial charge >= 0.3 is 0 Å². The van der Waals surface area contributed by atoms with Crippen LogP contribution in [0.1, 0.15) is 36.6 Å². The Morgan fingerprint density at radius 2 is 2.13 bits per heavy atom.